The van der Waals surface area contributed by atoms with Gasteiger partial charge in [-0.3, -0.25) is 4.79 Å². The van der Waals surface area contributed by atoms with Gasteiger partial charge in [0.25, 0.3) is 0 Å². The largest absolute Gasteiger partial charge is 0.482 e. The molecule has 0 unspecified atom stereocenters. The maximum absolute atomic E-state index is 12.5. The minimum absolute atomic E-state index is 0.0894. The van der Waals surface area contributed by atoms with Crippen molar-refractivity contribution in [2.45, 2.75) is 33.3 Å². The minimum atomic E-state index is -0.638. The Labute approximate surface area is 146 Å². The number of ether oxygens (including phenoxy) is 1. The van der Waals surface area contributed by atoms with E-state index in [1.807, 2.05) is 37.3 Å². The van der Waals surface area contributed by atoms with Crippen LogP contribution in [0.4, 0.5) is 0 Å². The molecule has 4 nitrogen and oxygen atoms in total. The van der Waals surface area contributed by atoms with Crippen LogP contribution in [0, 0.1) is 6.92 Å². The Morgan fingerprint density at radius 2 is 1.84 bits per heavy atom. The van der Waals surface area contributed by atoms with Crippen LogP contribution in [0.25, 0.3) is 11.0 Å². The van der Waals surface area contributed by atoms with Crippen molar-refractivity contribution in [3.63, 3.8) is 0 Å². The molecule has 25 heavy (non-hydrogen) atoms. The van der Waals surface area contributed by atoms with Crippen molar-refractivity contribution in [3.8, 4) is 5.75 Å². The Balaban J connectivity index is 1.82. The Morgan fingerprint density at radius 3 is 2.52 bits per heavy atom. The maximum Gasteiger partial charge on any atom is 0.336 e. The van der Waals surface area contributed by atoms with Crippen LogP contribution in [-0.4, -0.2) is 11.9 Å². The van der Waals surface area contributed by atoms with Crippen LogP contribution < -0.4 is 10.4 Å². The standard InChI is InChI=1S/C21H20O4/c1-4-15-5-7-16(8-6-15)21(23)14(3)24-17-9-10-18-13(2)11-20(22)25-19(18)12-17/h5-12,14H,4H2,1-3H3/t14-/m0/s1. The lowest BCUT2D eigenvalue weighted by Gasteiger charge is -2.14. The molecule has 0 aliphatic carbocycles. The van der Waals surface area contributed by atoms with Crippen molar-refractivity contribution in [1.29, 1.82) is 0 Å². The average Bonchev–Trinajstić information content (AvgIpc) is 2.60. The lowest BCUT2D eigenvalue weighted by atomic mass is 10.0. The van der Waals surface area contributed by atoms with E-state index in [0.717, 1.165) is 17.4 Å². The molecule has 1 heterocycles. The van der Waals surface area contributed by atoms with Crippen LogP contribution in [-0.2, 0) is 6.42 Å². The molecule has 1 aromatic heterocycles. The highest BCUT2D eigenvalue weighted by Crippen LogP contribution is 2.23. The fraction of sp³-hybridized carbons (Fsp3) is 0.238. The van der Waals surface area contributed by atoms with E-state index < -0.39 is 11.7 Å². The molecule has 0 radical (unpaired) electrons. The lowest BCUT2D eigenvalue weighted by molar-refractivity contribution is 0.0818. The van der Waals surface area contributed by atoms with Crippen LogP contribution in [0.5, 0.6) is 5.75 Å². The number of carbonyl (C=O) groups is 1. The van der Waals surface area contributed by atoms with Gasteiger partial charge in [-0.05, 0) is 43.5 Å². The molecule has 0 spiro atoms. The van der Waals surface area contributed by atoms with Gasteiger partial charge in [-0.15, -0.1) is 0 Å². The Morgan fingerprint density at radius 1 is 1.12 bits per heavy atom. The third-order valence-corrected chi connectivity index (χ3v) is 4.25. The van der Waals surface area contributed by atoms with E-state index in [4.69, 9.17) is 9.15 Å². The molecule has 0 bridgehead atoms. The average molecular weight is 336 g/mol. The number of fused-ring (bicyclic) bond motifs is 1. The summed E-state index contributed by atoms with van der Waals surface area (Å²) in [6.07, 6.45) is 0.295. The number of hydrogen-bond donors (Lipinski definition) is 0. The summed E-state index contributed by atoms with van der Waals surface area (Å²) in [4.78, 5) is 24.0. The fourth-order valence-electron chi connectivity index (χ4n) is 2.78. The summed E-state index contributed by atoms with van der Waals surface area (Å²) in [5.41, 5.74) is 2.70. The third kappa shape index (κ3) is 3.63. The first-order valence-electron chi connectivity index (χ1n) is 8.32. The van der Waals surface area contributed by atoms with E-state index in [1.165, 1.54) is 11.6 Å². The Hall–Kier alpha value is -2.88. The van der Waals surface area contributed by atoms with Gasteiger partial charge in [0.2, 0.25) is 5.78 Å². The first kappa shape index (κ1) is 17.0. The van der Waals surface area contributed by atoms with Gasteiger partial charge >= 0.3 is 5.63 Å². The van der Waals surface area contributed by atoms with E-state index in [-0.39, 0.29) is 5.78 Å². The molecule has 1 atom stereocenters. The van der Waals surface area contributed by atoms with Gasteiger partial charge < -0.3 is 9.15 Å². The number of aryl methyl sites for hydroxylation is 2. The van der Waals surface area contributed by atoms with Gasteiger partial charge in [0.05, 0.1) is 0 Å². The molecule has 0 N–H and O–H groups in total. The predicted octanol–water partition coefficient (Wildman–Crippen LogP) is 4.31. The zero-order valence-corrected chi connectivity index (χ0v) is 14.5. The van der Waals surface area contributed by atoms with Crippen molar-refractivity contribution in [2.75, 3.05) is 0 Å². The van der Waals surface area contributed by atoms with Gasteiger partial charge in [0.15, 0.2) is 6.10 Å². The van der Waals surface area contributed by atoms with Crippen LogP contribution in [0.1, 0.15) is 35.3 Å². The number of carbonyl (C=O) groups excluding carboxylic acids is 1. The van der Waals surface area contributed by atoms with E-state index >= 15 is 0 Å². The molecule has 0 amide bonds. The molecule has 4 heteroatoms. The van der Waals surface area contributed by atoms with Gasteiger partial charge in [0, 0.05) is 23.1 Å². The highest BCUT2D eigenvalue weighted by Gasteiger charge is 2.17. The molecule has 2 aromatic carbocycles. The SMILES string of the molecule is CCc1ccc(C(=O)[C@H](C)Oc2ccc3c(C)cc(=O)oc3c2)cc1. The second-order valence-electron chi connectivity index (χ2n) is 6.08. The predicted molar refractivity (Wildman–Crippen MR) is 97.5 cm³/mol. The summed E-state index contributed by atoms with van der Waals surface area (Å²) < 4.78 is 11.0. The minimum Gasteiger partial charge on any atom is -0.482 e. The molecule has 0 saturated heterocycles. The Bertz CT molecular complexity index is 967. The van der Waals surface area contributed by atoms with Crippen molar-refractivity contribution in [1.82, 2.24) is 0 Å². The zero-order valence-electron chi connectivity index (χ0n) is 14.5. The molecule has 0 saturated carbocycles. The van der Waals surface area contributed by atoms with Gasteiger partial charge in [-0.25, -0.2) is 4.79 Å². The zero-order chi connectivity index (χ0) is 18.0. The molecule has 3 aromatic rings. The summed E-state index contributed by atoms with van der Waals surface area (Å²) in [6.45, 7) is 5.64. The van der Waals surface area contributed by atoms with Crippen LogP contribution in [0.3, 0.4) is 0 Å². The fourth-order valence-corrected chi connectivity index (χ4v) is 2.78. The molecule has 128 valence electrons. The number of rotatable bonds is 5. The topological polar surface area (TPSA) is 56.5 Å². The molecule has 0 aliphatic rings. The van der Waals surface area contributed by atoms with Crippen molar-refractivity contribution < 1.29 is 13.9 Å². The maximum atomic E-state index is 12.5. The monoisotopic (exact) mass is 336 g/mol. The van der Waals surface area contributed by atoms with E-state index in [9.17, 15) is 9.59 Å². The number of hydrogen-bond acceptors (Lipinski definition) is 4. The molecular weight excluding hydrogens is 316 g/mol. The van der Waals surface area contributed by atoms with Crippen LogP contribution in [0.2, 0.25) is 0 Å². The van der Waals surface area contributed by atoms with Crippen molar-refractivity contribution >= 4 is 16.8 Å². The number of Topliss-reactive ketones (excluding diaryl/α,β-unsaturated/α-hetero) is 1. The van der Waals surface area contributed by atoms with Gasteiger partial charge in [-0.1, -0.05) is 31.2 Å². The molecule has 3 rings (SSSR count). The summed E-state index contributed by atoms with van der Waals surface area (Å²) >= 11 is 0. The molecule has 0 fully saturated rings. The van der Waals surface area contributed by atoms with Crippen LogP contribution in [0.15, 0.2) is 57.7 Å². The molecular formula is C21H20O4. The molecule has 0 aliphatic heterocycles. The summed E-state index contributed by atoms with van der Waals surface area (Å²) in [7, 11) is 0. The Kier molecular flexibility index (Phi) is 4.70. The summed E-state index contributed by atoms with van der Waals surface area (Å²) in [5, 5.41) is 0.848. The third-order valence-electron chi connectivity index (χ3n) is 4.25. The smallest absolute Gasteiger partial charge is 0.336 e. The van der Waals surface area contributed by atoms with Gasteiger partial charge in [-0.2, -0.15) is 0 Å². The highest BCUT2D eigenvalue weighted by molar-refractivity contribution is 5.99. The van der Waals surface area contributed by atoms with Gasteiger partial charge in [0.1, 0.15) is 11.3 Å². The summed E-state index contributed by atoms with van der Waals surface area (Å²) in [5.74, 6) is 0.403. The number of benzene rings is 2. The number of ketones is 1. The van der Waals surface area contributed by atoms with Crippen molar-refractivity contribution in [3.05, 3.63) is 75.6 Å². The van der Waals surface area contributed by atoms with E-state index in [2.05, 4.69) is 6.92 Å². The lowest BCUT2D eigenvalue weighted by Crippen LogP contribution is -2.23. The van der Waals surface area contributed by atoms with E-state index in [0.29, 0.717) is 16.9 Å². The normalized spacial score (nSPS) is 12.1. The first-order chi connectivity index (χ1) is 12.0. The second-order valence-corrected chi connectivity index (χ2v) is 6.08. The van der Waals surface area contributed by atoms with Crippen molar-refractivity contribution in [2.24, 2.45) is 0 Å². The highest BCUT2D eigenvalue weighted by atomic mass is 16.5. The summed E-state index contributed by atoms with van der Waals surface area (Å²) in [6, 6.07) is 14.3. The first-order valence-corrected chi connectivity index (χ1v) is 8.32. The quantitative estimate of drug-likeness (QED) is 0.514. The van der Waals surface area contributed by atoms with E-state index in [1.54, 1.807) is 19.1 Å². The second kappa shape index (κ2) is 6.93. The van der Waals surface area contributed by atoms with Crippen LogP contribution >= 0.6 is 0 Å².